The Bertz CT molecular complexity index is 164. The minimum Gasteiger partial charge on any atom is -0.379 e. The molecule has 12 heavy (non-hydrogen) atoms. The van der Waals surface area contributed by atoms with Crippen molar-refractivity contribution in [3.63, 3.8) is 0 Å². The van der Waals surface area contributed by atoms with Gasteiger partial charge in [-0.3, -0.25) is 0 Å². The van der Waals surface area contributed by atoms with E-state index in [-0.39, 0.29) is 6.10 Å². The van der Waals surface area contributed by atoms with E-state index in [1.54, 1.807) is 7.11 Å². The molecule has 0 aromatic carbocycles. The molecule has 0 radical (unpaired) electrons. The zero-order valence-corrected chi connectivity index (χ0v) is 7.38. The van der Waals surface area contributed by atoms with Crippen LogP contribution in [0.25, 0.3) is 0 Å². The molecule has 3 nitrogen and oxygen atoms in total. The quantitative estimate of drug-likeness (QED) is 0.604. The summed E-state index contributed by atoms with van der Waals surface area (Å²) in [7, 11) is 1.70. The molecule has 1 saturated heterocycles. The Kier molecular flexibility index (Phi) is 4.09. The van der Waals surface area contributed by atoms with Crippen molar-refractivity contribution < 1.29 is 9.47 Å². The standard InChI is InChI=1S/C9H15NO2/c1-3-5-10-8-4-6-12-7-9(8)11-2/h1,8-10H,4-7H2,2H3/t8-,9+/m1/s1. The molecule has 1 N–H and O–H groups in total. The first-order chi connectivity index (χ1) is 5.88. The van der Waals surface area contributed by atoms with E-state index in [1.807, 2.05) is 0 Å². The van der Waals surface area contributed by atoms with Crippen LogP contribution in [0.1, 0.15) is 6.42 Å². The van der Waals surface area contributed by atoms with Crippen LogP contribution >= 0.6 is 0 Å². The van der Waals surface area contributed by atoms with Gasteiger partial charge in [-0.15, -0.1) is 6.42 Å². The highest BCUT2D eigenvalue weighted by molar-refractivity contribution is 4.90. The molecular formula is C9H15NO2. The molecule has 0 aliphatic carbocycles. The lowest BCUT2D eigenvalue weighted by Gasteiger charge is -2.30. The number of nitrogens with one attached hydrogen (secondary N) is 1. The lowest BCUT2D eigenvalue weighted by Crippen LogP contribution is -2.47. The van der Waals surface area contributed by atoms with E-state index in [2.05, 4.69) is 11.2 Å². The van der Waals surface area contributed by atoms with Crippen molar-refractivity contribution in [2.75, 3.05) is 26.9 Å². The minimum atomic E-state index is 0.145. The molecule has 1 heterocycles. The zero-order chi connectivity index (χ0) is 8.81. The van der Waals surface area contributed by atoms with Crippen molar-refractivity contribution in [1.82, 2.24) is 5.32 Å². The van der Waals surface area contributed by atoms with Crippen LogP contribution in [-0.4, -0.2) is 39.0 Å². The summed E-state index contributed by atoms with van der Waals surface area (Å²) >= 11 is 0. The molecular weight excluding hydrogens is 154 g/mol. The largest absolute Gasteiger partial charge is 0.379 e. The van der Waals surface area contributed by atoms with Crippen molar-refractivity contribution in [3.05, 3.63) is 0 Å². The number of hydrogen-bond acceptors (Lipinski definition) is 3. The lowest BCUT2D eigenvalue weighted by molar-refractivity contribution is -0.0488. The van der Waals surface area contributed by atoms with Crippen molar-refractivity contribution in [3.8, 4) is 12.3 Å². The Labute approximate surface area is 73.4 Å². The maximum absolute atomic E-state index is 5.27. The molecule has 0 unspecified atom stereocenters. The van der Waals surface area contributed by atoms with Gasteiger partial charge in [-0.25, -0.2) is 0 Å². The van der Waals surface area contributed by atoms with E-state index in [1.165, 1.54) is 0 Å². The van der Waals surface area contributed by atoms with Gasteiger partial charge in [0.2, 0.25) is 0 Å². The first kappa shape index (κ1) is 9.53. The van der Waals surface area contributed by atoms with Crippen molar-refractivity contribution in [2.45, 2.75) is 18.6 Å². The molecule has 3 heteroatoms. The third-order valence-corrected chi connectivity index (χ3v) is 2.07. The van der Waals surface area contributed by atoms with Gasteiger partial charge in [0.05, 0.1) is 19.3 Å². The fourth-order valence-corrected chi connectivity index (χ4v) is 1.37. The van der Waals surface area contributed by atoms with Crippen LogP contribution in [0.15, 0.2) is 0 Å². The number of methoxy groups -OCH3 is 1. The Morgan fingerprint density at radius 1 is 1.75 bits per heavy atom. The Morgan fingerprint density at radius 2 is 2.58 bits per heavy atom. The molecule has 2 atom stereocenters. The van der Waals surface area contributed by atoms with Crippen LogP contribution in [0.4, 0.5) is 0 Å². The van der Waals surface area contributed by atoms with Gasteiger partial charge >= 0.3 is 0 Å². The minimum absolute atomic E-state index is 0.145. The van der Waals surface area contributed by atoms with E-state index in [4.69, 9.17) is 15.9 Å². The van der Waals surface area contributed by atoms with Crippen LogP contribution in [0, 0.1) is 12.3 Å². The van der Waals surface area contributed by atoms with Gasteiger partial charge in [-0.2, -0.15) is 0 Å². The number of hydrogen-bond donors (Lipinski definition) is 1. The molecule has 1 fully saturated rings. The van der Waals surface area contributed by atoms with Crippen molar-refractivity contribution in [2.24, 2.45) is 0 Å². The third-order valence-electron chi connectivity index (χ3n) is 2.07. The highest BCUT2D eigenvalue weighted by Crippen LogP contribution is 2.09. The van der Waals surface area contributed by atoms with E-state index < -0.39 is 0 Å². The molecule has 0 amide bonds. The second-order valence-corrected chi connectivity index (χ2v) is 2.83. The predicted molar refractivity (Wildman–Crippen MR) is 46.9 cm³/mol. The van der Waals surface area contributed by atoms with Gasteiger partial charge < -0.3 is 14.8 Å². The molecule has 0 aromatic rings. The summed E-state index contributed by atoms with van der Waals surface area (Å²) in [5, 5.41) is 3.23. The number of rotatable bonds is 3. The van der Waals surface area contributed by atoms with Gasteiger partial charge in [0.25, 0.3) is 0 Å². The van der Waals surface area contributed by atoms with Gasteiger partial charge in [-0.05, 0) is 6.42 Å². The fourth-order valence-electron chi connectivity index (χ4n) is 1.37. The van der Waals surface area contributed by atoms with Crippen molar-refractivity contribution >= 4 is 0 Å². The van der Waals surface area contributed by atoms with Gasteiger partial charge in [0, 0.05) is 19.8 Å². The summed E-state index contributed by atoms with van der Waals surface area (Å²) in [6, 6.07) is 0.347. The van der Waals surface area contributed by atoms with E-state index >= 15 is 0 Å². The maximum atomic E-state index is 5.27. The third kappa shape index (κ3) is 2.49. The topological polar surface area (TPSA) is 30.5 Å². The molecule has 68 valence electrons. The first-order valence-corrected chi connectivity index (χ1v) is 4.16. The van der Waals surface area contributed by atoms with Gasteiger partial charge in [0.1, 0.15) is 0 Å². The average molecular weight is 169 g/mol. The molecule has 0 aromatic heterocycles. The smallest absolute Gasteiger partial charge is 0.0958 e. The Morgan fingerprint density at radius 3 is 3.25 bits per heavy atom. The van der Waals surface area contributed by atoms with E-state index in [0.29, 0.717) is 19.2 Å². The lowest BCUT2D eigenvalue weighted by atomic mass is 10.1. The fraction of sp³-hybridized carbons (Fsp3) is 0.778. The monoisotopic (exact) mass is 169 g/mol. The van der Waals surface area contributed by atoms with Gasteiger partial charge in [-0.1, -0.05) is 5.92 Å². The normalized spacial score (nSPS) is 29.7. The summed E-state index contributed by atoms with van der Waals surface area (Å²) in [4.78, 5) is 0. The van der Waals surface area contributed by atoms with Crippen LogP contribution in [-0.2, 0) is 9.47 Å². The van der Waals surface area contributed by atoms with Crippen LogP contribution < -0.4 is 5.32 Å². The summed E-state index contributed by atoms with van der Waals surface area (Å²) in [6.07, 6.45) is 6.27. The van der Waals surface area contributed by atoms with E-state index in [9.17, 15) is 0 Å². The Balaban J connectivity index is 2.32. The molecule has 0 bridgehead atoms. The van der Waals surface area contributed by atoms with Crippen LogP contribution in [0.2, 0.25) is 0 Å². The highest BCUT2D eigenvalue weighted by atomic mass is 16.5. The predicted octanol–water partition coefficient (Wildman–Crippen LogP) is 0.0131. The highest BCUT2D eigenvalue weighted by Gasteiger charge is 2.24. The summed E-state index contributed by atoms with van der Waals surface area (Å²) in [5.74, 6) is 2.55. The average Bonchev–Trinajstić information content (AvgIpc) is 2.15. The summed E-state index contributed by atoms with van der Waals surface area (Å²) < 4.78 is 10.5. The molecule has 1 aliphatic rings. The van der Waals surface area contributed by atoms with Crippen LogP contribution in [0.3, 0.4) is 0 Å². The second-order valence-electron chi connectivity index (χ2n) is 2.83. The first-order valence-electron chi connectivity index (χ1n) is 4.16. The molecule has 0 saturated carbocycles. The Hall–Kier alpha value is -0.560. The van der Waals surface area contributed by atoms with Gasteiger partial charge in [0.15, 0.2) is 0 Å². The SMILES string of the molecule is C#CCN[C@@H]1CCOC[C@@H]1OC. The van der Waals surface area contributed by atoms with Crippen LogP contribution in [0.5, 0.6) is 0 Å². The molecule has 1 rings (SSSR count). The number of ether oxygens (including phenoxy) is 2. The molecule has 1 aliphatic heterocycles. The molecule has 0 spiro atoms. The number of terminal acetylenes is 1. The zero-order valence-electron chi connectivity index (χ0n) is 7.38. The maximum Gasteiger partial charge on any atom is 0.0958 e. The summed E-state index contributed by atoms with van der Waals surface area (Å²) in [6.45, 7) is 2.06. The second kappa shape index (κ2) is 5.15. The van der Waals surface area contributed by atoms with Crippen molar-refractivity contribution in [1.29, 1.82) is 0 Å². The van der Waals surface area contributed by atoms with E-state index in [0.717, 1.165) is 13.0 Å². The summed E-state index contributed by atoms with van der Waals surface area (Å²) in [5.41, 5.74) is 0.